The Bertz CT molecular complexity index is 453. The summed E-state index contributed by atoms with van der Waals surface area (Å²) in [6.45, 7) is 14.5. The van der Waals surface area contributed by atoms with E-state index in [1.54, 1.807) is 0 Å². The summed E-state index contributed by atoms with van der Waals surface area (Å²) in [6.07, 6.45) is 3.68. The van der Waals surface area contributed by atoms with Crippen molar-refractivity contribution in [3.63, 3.8) is 0 Å². The molecule has 0 amide bonds. The van der Waals surface area contributed by atoms with Crippen molar-refractivity contribution in [2.75, 3.05) is 18.0 Å². The van der Waals surface area contributed by atoms with Crippen LogP contribution in [0.3, 0.4) is 0 Å². The fourth-order valence-corrected chi connectivity index (χ4v) is 4.26. The summed E-state index contributed by atoms with van der Waals surface area (Å²) in [6, 6.07) is 0. The van der Waals surface area contributed by atoms with E-state index in [-0.39, 0.29) is 0 Å². The van der Waals surface area contributed by atoms with Crippen molar-refractivity contribution in [1.82, 2.24) is 4.98 Å². The van der Waals surface area contributed by atoms with Gasteiger partial charge in [0.2, 0.25) is 0 Å². The maximum atomic E-state index is 5.92. The zero-order valence-electron chi connectivity index (χ0n) is 14.3. The topological polar surface area (TPSA) is 42.2 Å². The number of nitrogens with zero attached hydrogens (tertiary/aromatic N) is 2. The molecule has 4 heteroatoms. The van der Waals surface area contributed by atoms with Crippen LogP contribution in [-0.4, -0.2) is 18.1 Å². The average Bonchev–Trinajstić information content (AvgIpc) is 2.90. The van der Waals surface area contributed by atoms with Crippen molar-refractivity contribution < 1.29 is 0 Å². The second-order valence-corrected chi connectivity index (χ2v) is 8.51. The first kappa shape index (κ1) is 16.8. The molecule has 2 heterocycles. The van der Waals surface area contributed by atoms with Crippen LogP contribution in [0.25, 0.3) is 0 Å². The van der Waals surface area contributed by atoms with E-state index >= 15 is 0 Å². The number of nitrogens with two attached hydrogens (primary N) is 1. The first-order valence-corrected chi connectivity index (χ1v) is 9.13. The lowest BCUT2D eigenvalue weighted by Crippen LogP contribution is -2.38. The molecular weight excluding hydrogens is 278 g/mol. The number of thiazole rings is 1. The third-order valence-electron chi connectivity index (χ3n) is 4.97. The second-order valence-electron chi connectivity index (χ2n) is 7.45. The lowest BCUT2D eigenvalue weighted by atomic mass is 9.75. The van der Waals surface area contributed by atoms with Crippen LogP contribution in [0.4, 0.5) is 5.13 Å². The lowest BCUT2D eigenvalue weighted by Gasteiger charge is -2.38. The summed E-state index contributed by atoms with van der Waals surface area (Å²) >= 11 is 1.81. The van der Waals surface area contributed by atoms with Crippen molar-refractivity contribution in [2.24, 2.45) is 17.1 Å². The van der Waals surface area contributed by atoms with Gasteiger partial charge in [-0.1, -0.05) is 34.6 Å². The van der Waals surface area contributed by atoms with E-state index in [1.165, 1.54) is 28.5 Å². The monoisotopic (exact) mass is 309 g/mol. The second kappa shape index (κ2) is 6.66. The van der Waals surface area contributed by atoms with Gasteiger partial charge < -0.3 is 10.6 Å². The molecule has 0 aliphatic carbocycles. The number of anilines is 1. The van der Waals surface area contributed by atoms with Crippen molar-refractivity contribution in [1.29, 1.82) is 0 Å². The van der Waals surface area contributed by atoms with Gasteiger partial charge in [0.1, 0.15) is 0 Å². The van der Waals surface area contributed by atoms with Crippen molar-refractivity contribution in [3.8, 4) is 0 Å². The molecule has 1 fully saturated rings. The number of hydrogen-bond donors (Lipinski definition) is 1. The highest BCUT2D eigenvalue weighted by atomic mass is 32.1. The number of rotatable bonds is 4. The van der Waals surface area contributed by atoms with E-state index < -0.39 is 0 Å². The maximum Gasteiger partial charge on any atom is 0.185 e. The van der Waals surface area contributed by atoms with E-state index in [0.29, 0.717) is 17.9 Å². The molecule has 120 valence electrons. The standard InChI is InChI=1S/C17H31N3S/c1-6-12(2)15-14(11-18)21-16(19-15)20-9-7-13(8-10-20)17(3,4)5/h12-13H,6-11,18H2,1-5H3. The summed E-state index contributed by atoms with van der Waals surface area (Å²) in [5, 5.41) is 1.19. The van der Waals surface area contributed by atoms with Gasteiger partial charge in [0.15, 0.2) is 5.13 Å². The minimum absolute atomic E-state index is 0.430. The summed E-state index contributed by atoms with van der Waals surface area (Å²) in [7, 11) is 0. The Morgan fingerprint density at radius 3 is 2.43 bits per heavy atom. The van der Waals surface area contributed by atoms with Crippen LogP contribution in [0, 0.1) is 11.3 Å². The van der Waals surface area contributed by atoms with Gasteiger partial charge in [0.05, 0.1) is 5.69 Å². The van der Waals surface area contributed by atoms with Crippen LogP contribution in [0.15, 0.2) is 0 Å². The Labute approximate surface area is 133 Å². The molecule has 1 saturated heterocycles. The largest absolute Gasteiger partial charge is 0.348 e. The first-order valence-electron chi connectivity index (χ1n) is 8.31. The Balaban J connectivity index is 2.08. The lowest BCUT2D eigenvalue weighted by molar-refractivity contribution is 0.199. The van der Waals surface area contributed by atoms with E-state index in [4.69, 9.17) is 10.7 Å². The number of piperidine rings is 1. The maximum absolute atomic E-state index is 5.92. The minimum atomic E-state index is 0.430. The van der Waals surface area contributed by atoms with Gasteiger partial charge in [0, 0.05) is 24.5 Å². The van der Waals surface area contributed by atoms with Gasteiger partial charge in [-0.3, -0.25) is 0 Å². The number of aromatic nitrogens is 1. The highest BCUT2D eigenvalue weighted by Crippen LogP contribution is 2.38. The molecule has 1 aliphatic rings. The molecule has 1 aliphatic heterocycles. The Kier molecular flexibility index (Phi) is 5.31. The highest BCUT2D eigenvalue weighted by Gasteiger charge is 2.30. The SMILES string of the molecule is CCC(C)c1nc(N2CCC(C(C)(C)C)CC2)sc1CN. The van der Waals surface area contributed by atoms with Crippen LogP contribution in [0.2, 0.25) is 0 Å². The number of hydrogen-bond acceptors (Lipinski definition) is 4. The molecule has 0 spiro atoms. The molecule has 21 heavy (non-hydrogen) atoms. The Hall–Kier alpha value is -0.610. The smallest absolute Gasteiger partial charge is 0.185 e. The van der Waals surface area contributed by atoms with Crippen LogP contribution >= 0.6 is 11.3 Å². The van der Waals surface area contributed by atoms with E-state index in [1.807, 2.05) is 11.3 Å². The van der Waals surface area contributed by atoms with Gasteiger partial charge in [-0.15, -0.1) is 11.3 Å². The fraction of sp³-hybridized carbons (Fsp3) is 0.824. The third-order valence-corrected chi connectivity index (χ3v) is 6.13. The summed E-state index contributed by atoms with van der Waals surface area (Å²) < 4.78 is 0. The fourth-order valence-electron chi connectivity index (χ4n) is 3.15. The van der Waals surface area contributed by atoms with E-state index in [2.05, 4.69) is 39.5 Å². The summed E-state index contributed by atoms with van der Waals surface area (Å²) in [5.41, 5.74) is 7.58. The normalized spacial score (nSPS) is 19.0. The van der Waals surface area contributed by atoms with Crippen LogP contribution in [0.5, 0.6) is 0 Å². The molecule has 2 N–H and O–H groups in total. The predicted molar refractivity (Wildman–Crippen MR) is 93.1 cm³/mol. The van der Waals surface area contributed by atoms with Crippen LogP contribution in [-0.2, 0) is 6.54 Å². The average molecular weight is 310 g/mol. The van der Waals surface area contributed by atoms with Crippen molar-refractivity contribution in [2.45, 2.75) is 66.3 Å². The van der Waals surface area contributed by atoms with E-state index in [9.17, 15) is 0 Å². The molecule has 1 unspecified atom stereocenters. The van der Waals surface area contributed by atoms with Gasteiger partial charge in [-0.05, 0) is 36.5 Å². The van der Waals surface area contributed by atoms with Crippen LogP contribution < -0.4 is 10.6 Å². The zero-order chi connectivity index (χ0) is 15.6. The zero-order valence-corrected chi connectivity index (χ0v) is 15.1. The highest BCUT2D eigenvalue weighted by molar-refractivity contribution is 7.15. The van der Waals surface area contributed by atoms with Gasteiger partial charge in [-0.2, -0.15) is 0 Å². The first-order chi connectivity index (χ1) is 9.86. The van der Waals surface area contributed by atoms with Gasteiger partial charge >= 0.3 is 0 Å². The molecule has 1 aromatic rings. The molecule has 0 saturated carbocycles. The molecule has 2 rings (SSSR count). The third kappa shape index (κ3) is 3.78. The molecule has 3 nitrogen and oxygen atoms in total. The quantitative estimate of drug-likeness (QED) is 0.897. The van der Waals surface area contributed by atoms with E-state index in [0.717, 1.165) is 25.4 Å². The molecule has 1 atom stereocenters. The van der Waals surface area contributed by atoms with Crippen LogP contribution in [0.1, 0.15) is 70.4 Å². The van der Waals surface area contributed by atoms with Gasteiger partial charge in [0.25, 0.3) is 0 Å². The minimum Gasteiger partial charge on any atom is -0.348 e. The van der Waals surface area contributed by atoms with Gasteiger partial charge in [-0.25, -0.2) is 4.98 Å². The summed E-state index contributed by atoms with van der Waals surface area (Å²) in [4.78, 5) is 8.67. The summed E-state index contributed by atoms with van der Waals surface area (Å²) in [5.74, 6) is 1.34. The molecule has 0 aromatic carbocycles. The Morgan fingerprint density at radius 1 is 1.33 bits per heavy atom. The Morgan fingerprint density at radius 2 is 1.95 bits per heavy atom. The predicted octanol–water partition coefficient (Wildman–Crippen LogP) is 4.38. The molecule has 0 radical (unpaired) electrons. The molecular formula is C17H31N3S. The molecule has 0 bridgehead atoms. The van der Waals surface area contributed by atoms with Crippen molar-refractivity contribution in [3.05, 3.63) is 10.6 Å². The van der Waals surface area contributed by atoms with Crippen molar-refractivity contribution >= 4 is 16.5 Å². The molecule has 1 aromatic heterocycles.